The van der Waals surface area contributed by atoms with Crippen molar-refractivity contribution in [1.29, 1.82) is 0 Å². The molecule has 0 aromatic carbocycles. The van der Waals surface area contributed by atoms with Gasteiger partial charge in [0.2, 0.25) is 0 Å². The molecule has 2 heterocycles. The first-order chi connectivity index (χ1) is 9.74. The van der Waals surface area contributed by atoms with E-state index in [1.54, 1.807) is 0 Å². The monoisotopic (exact) mass is 270 g/mol. The highest BCUT2D eigenvalue weighted by molar-refractivity contribution is 5.42. The first kappa shape index (κ1) is 14.5. The predicted octanol–water partition coefficient (Wildman–Crippen LogP) is 2.53. The van der Waals surface area contributed by atoms with Gasteiger partial charge in [0.1, 0.15) is 5.82 Å². The average molecular weight is 270 g/mol. The smallest absolute Gasteiger partial charge is 0.129 e. The molecule has 0 bridgehead atoms. The number of anilines is 1. The SMILES string of the molecule is CCN(Cc1ccccn1)c1ccc(CNC)c(C)n1. The van der Waals surface area contributed by atoms with Crippen molar-refractivity contribution in [2.75, 3.05) is 18.5 Å². The minimum atomic E-state index is 0.787. The molecule has 0 amide bonds. The zero-order valence-corrected chi connectivity index (χ0v) is 12.4. The van der Waals surface area contributed by atoms with Crippen molar-refractivity contribution in [2.24, 2.45) is 0 Å². The summed E-state index contributed by atoms with van der Waals surface area (Å²) in [5.41, 5.74) is 3.38. The van der Waals surface area contributed by atoms with Gasteiger partial charge in [0.05, 0.1) is 12.2 Å². The summed E-state index contributed by atoms with van der Waals surface area (Å²) < 4.78 is 0. The van der Waals surface area contributed by atoms with Crippen LogP contribution in [0.25, 0.3) is 0 Å². The zero-order valence-electron chi connectivity index (χ0n) is 12.4. The van der Waals surface area contributed by atoms with Gasteiger partial charge >= 0.3 is 0 Å². The van der Waals surface area contributed by atoms with Crippen LogP contribution >= 0.6 is 0 Å². The summed E-state index contributed by atoms with van der Waals surface area (Å²) in [6.45, 7) is 6.75. The van der Waals surface area contributed by atoms with Gasteiger partial charge in [0.25, 0.3) is 0 Å². The molecule has 2 rings (SSSR count). The lowest BCUT2D eigenvalue weighted by molar-refractivity contribution is 0.777. The molecule has 0 fully saturated rings. The molecule has 0 saturated heterocycles. The summed E-state index contributed by atoms with van der Waals surface area (Å²) in [6.07, 6.45) is 1.83. The quantitative estimate of drug-likeness (QED) is 0.876. The lowest BCUT2D eigenvalue weighted by Crippen LogP contribution is -2.24. The number of rotatable bonds is 6. The van der Waals surface area contributed by atoms with E-state index in [0.29, 0.717) is 0 Å². The Hall–Kier alpha value is -1.94. The van der Waals surface area contributed by atoms with Crippen molar-refractivity contribution < 1.29 is 0 Å². The van der Waals surface area contributed by atoms with E-state index in [1.165, 1.54) is 5.56 Å². The second-order valence-corrected chi connectivity index (χ2v) is 4.78. The van der Waals surface area contributed by atoms with Gasteiger partial charge in [-0.05, 0) is 44.7 Å². The second-order valence-electron chi connectivity index (χ2n) is 4.78. The topological polar surface area (TPSA) is 41.1 Å². The van der Waals surface area contributed by atoms with E-state index in [2.05, 4.69) is 41.2 Å². The van der Waals surface area contributed by atoms with Gasteiger partial charge in [0.15, 0.2) is 0 Å². The molecule has 0 aliphatic heterocycles. The third-order valence-corrected chi connectivity index (χ3v) is 3.33. The van der Waals surface area contributed by atoms with Crippen LogP contribution in [0.2, 0.25) is 0 Å². The van der Waals surface area contributed by atoms with Crippen LogP contribution in [-0.2, 0) is 13.1 Å². The van der Waals surface area contributed by atoms with Crippen LogP contribution in [0, 0.1) is 6.92 Å². The Morgan fingerprint density at radius 1 is 1.20 bits per heavy atom. The van der Waals surface area contributed by atoms with Crippen LogP contribution in [0.4, 0.5) is 5.82 Å². The molecule has 20 heavy (non-hydrogen) atoms. The van der Waals surface area contributed by atoms with E-state index >= 15 is 0 Å². The fourth-order valence-corrected chi connectivity index (χ4v) is 2.17. The van der Waals surface area contributed by atoms with Crippen LogP contribution < -0.4 is 10.2 Å². The van der Waals surface area contributed by atoms with Gasteiger partial charge in [-0.25, -0.2) is 4.98 Å². The summed E-state index contributed by atoms with van der Waals surface area (Å²) in [5, 5.41) is 3.16. The van der Waals surface area contributed by atoms with Gasteiger partial charge in [0, 0.05) is 25.0 Å². The Morgan fingerprint density at radius 2 is 2.05 bits per heavy atom. The highest BCUT2D eigenvalue weighted by Gasteiger charge is 2.09. The number of hydrogen-bond acceptors (Lipinski definition) is 4. The summed E-state index contributed by atoms with van der Waals surface area (Å²) in [6, 6.07) is 10.2. The van der Waals surface area contributed by atoms with Crippen LogP contribution in [0.5, 0.6) is 0 Å². The molecule has 4 heteroatoms. The lowest BCUT2D eigenvalue weighted by atomic mass is 10.2. The maximum absolute atomic E-state index is 4.72. The van der Waals surface area contributed by atoms with Crippen LogP contribution in [-0.4, -0.2) is 23.6 Å². The van der Waals surface area contributed by atoms with Gasteiger partial charge in [-0.15, -0.1) is 0 Å². The Balaban J connectivity index is 2.17. The minimum Gasteiger partial charge on any atom is -0.351 e. The van der Waals surface area contributed by atoms with Crippen molar-refractivity contribution in [3.8, 4) is 0 Å². The molecule has 1 N–H and O–H groups in total. The average Bonchev–Trinajstić information content (AvgIpc) is 2.48. The molecule has 2 aromatic rings. The fraction of sp³-hybridized carbons (Fsp3) is 0.375. The van der Waals surface area contributed by atoms with Gasteiger partial charge < -0.3 is 10.2 Å². The predicted molar refractivity (Wildman–Crippen MR) is 82.7 cm³/mol. The molecule has 0 unspecified atom stereocenters. The van der Waals surface area contributed by atoms with Crippen molar-refractivity contribution >= 4 is 5.82 Å². The number of aryl methyl sites for hydroxylation is 1. The zero-order chi connectivity index (χ0) is 14.4. The molecule has 0 spiro atoms. The van der Waals surface area contributed by atoms with Crippen molar-refractivity contribution in [2.45, 2.75) is 26.9 Å². The summed E-state index contributed by atoms with van der Waals surface area (Å²) in [4.78, 5) is 11.3. The highest BCUT2D eigenvalue weighted by atomic mass is 15.2. The normalized spacial score (nSPS) is 10.6. The molecule has 106 valence electrons. The van der Waals surface area contributed by atoms with E-state index in [1.807, 2.05) is 31.4 Å². The van der Waals surface area contributed by atoms with E-state index in [4.69, 9.17) is 4.98 Å². The highest BCUT2D eigenvalue weighted by Crippen LogP contribution is 2.16. The third kappa shape index (κ3) is 3.54. The minimum absolute atomic E-state index is 0.787. The summed E-state index contributed by atoms with van der Waals surface area (Å²) in [5.74, 6) is 1.01. The molecule has 2 aromatic heterocycles. The van der Waals surface area contributed by atoms with Gasteiger partial charge in [-0.1, -0.05) is 12.1 Å². The number of aromatic nitrogens is 2. The van der Waals surface area contributed by atoms with Crippen molar-refractivity contribution in [3.63, 3.8) is 0 Å². The van der Waals surface area contributed by atoms with E-state index in [9.17, 15) is 0 Å². The van der Waals surface area contributed by atoms with E-state index < -0.39 is 0 Å². The van der Waals surface area contributed by atoms with Gasteiger partial charge in [-0.3, -0.25) is 4.98 Å². The number of nitrogens with one attached hydrogen (secondary N) is 1. The summed E-state index contributed by atoms with van der Waals surface area (Å²) in [7, 11) is 1.95. The van der Waals surface area contributed by atoms with Crippen molar-refractivity contribution in [3.05, 3.63) is 53.5 Å². The van der Waals surface area contributed by atoms with Crippen LogP contribution in [0.1, 0.15) is 23.9 Å². The molecule has 0 radical (unpaired) electrons. The maximum atomic E-state index is 4.72. The van der Waals surface area contributed by atoms with E-state index in [-0.39, 0.29) is 0 Å². The number of nitrogens with zero attached hydrogens (tertiary/aromatic N) is 3. The Bertz CT molecular complexity index is 539. The van der Waals surface area contributed by atoms with Gasteiger partial charge in [-0.2, -0.15) is 0 Å². The summed E-state index contributed by atoms with van der Waals surface area (Å²) >= 11 is 0. The molecule has 0 saturated carbocycles. The second kappa shape index (κ2) is 7.01. The Kier molecular flexibility index (Phi) is 5.07. The molecule has 4 nitrogen and oxygen atoms in total. The molecular formula is C16H22N4. The van der Waals surface area contributed by atoms with E-state index in [0.717, 1.165) is 36.8 Å². The van der Waals surface area contributed by atoms with Crippen molar-refractivity contribution in [1.82, 2.24) is 15.3 Å². The molecule has 0 aliphatic rings. The maximum Gasteiger partial charge on any atom is 0.129 e. The molecule has 0 atom stereocenters. The fourth-order valence-electron chi connectivity index (χ4n) is 2.17. The van der Waals surface area contributed by atoms with Crippen LogP contribution in [0.15, 0.2) is 36.5 Å². The lowest BCUT2D eigenvalue weighted by Gasteiger charge is -2.22. The first-order valence-corrected chi connectivity index (χ1v) is 7.00. The molecular weight excluding hydrogens is 248 g/mol. The Labute approximate surface area is 120 Å². The molecule has 0 aliphatic carbocycles. The van der Waals surface area contributed by atoms with Crippen LogP contribution in [0.3, 0.4) is 0 Å². The standard InChI is InChI=1S/C16H22N4/c1-4-20(12-15-7-5-6-10-18-15)16-9-8-14(11-17-3)13(2)19-16/h5-10,17H,4,11-12H2,1-3H3. The third-order valence-electron chi connectivity index (χ3n) is 3.33. The number of hydrogen-bond donors (Lipinski definition) is 1. The largest absolute Gasteiger partial charge is 0.351 e. The first-order valence-electron chi connectivity index (χ1n) is 7.00. The number of pyridine rings is 2. The Morgan fingerprint density at radius 3 is 2.65 bits per heavy atom.